The molecule has 0 saturated carbocycles. The molecule has 0 aliphatic rings. The molecule has 3 rings (SSSR count). The van der Waals surface area contributed by atoms with Crippen LogP contribution in [-0.2, 0) is 17.9 Å². The molecule has 0 saturated heterocycles. The average Bonchev–Trinajstić information content (AvgIpc) is 3.21. The van der Waals surface area contributed by atoms with Gasteiger partial charge in [-0.15, -0.1) is 5.10 Å². The summed E-state index contributed by atoms with van der Waals surface area (Å²) in [4.78, 5) is 12.3. The monoisotopic (exact) mass is 396 g/mol. The summed E-state index contributed by atoms with van der Waals surface area (Å²) < 4.78 is 17.4. The molecule has 0 aliphatic heterocycles. The van der Waals surface area contributed by atoms with Crippen molar-refractivity contribution < 1.29 is 19.0 Å². The van der Waals surface area contributed by atoms with Crippen LogP contribution in [0.25, 0.3) is 11.3 Å². The second kappa shape index (κ2) is 9.59. The van der Waals surface area contributed by atoms with Crippen molar-refractivity contribution in [2.75, 3.05) is 20.8 Å². The van der Waals surface area contributed by atoms with E-state index in [4.69, 9.17) is 14.2 Å². The fourth-order valence-electron chi connectivity index (χ4n) is 2.79. The van der Waals surface area contributed by atoms with E-state index in [0.717, 1.165) is 16.9 Å². The maximum atomic E-state index is 12.3. The van der Waals surface area contributed by atoms with Gasteiger partial charge in [0, 0.05) is 12.1 Å². The summed E-state index contributed by atoms with van der Waals surface area (Å²) in [7, 11) is 3.16. The normalized spacial score (nSPS) is 10.4. The second-order valence-corrected chi connectivity index (χ2v) is 6.22. The molecule has 0 radical (unpaired) electrons. The largest absolute Gasteiger partial charge is 0.494 e. The molecule has 1 amide bonds. The third-order valence-corrected chi connectivity index (χ3v) is 4.24. The Kier molecular flexibility index (Phi) is 6.67. The number of nitrogens with one attached hydrogen (secondary N) is 1. The fourth-order valence-corrected chi connectivity index (χ4v) is 2.79. The smallest absolute Gasteiger partial charge is 0.242 e. The van der Waals surface area contributed by atoms with Crippen molar-refractivity contribution in [3.63, 3.8) is 0 Å². The van der Waals surface area contributed by atoms with Crippen LogP contribution < -0.4 is 19.5 Å². The standard InChI is InChI=1S/C21H24N4O4/c1-4-29-17-8-6-16(7-9-17)18-13-25(24-23-18)14-21(26)22-12-15-5-10-19(27-2)20(11-15)28-3/h5-11,13H,4,12,14H2,1-3H3,(H,22,26). The summed E-state index contributed by atoms with van der Waals surface area (Å²) in [5.74, 6) is 1.91. The van der Waals surface area contributed by atoms with E-state index in [0.29, 0.717) is 30.3 Å². The number of aromatic nitrogens is 3. The minimum atomic E-state index is -0.164. The number of hydrogen-bond acceptors (Lipinski definition) is 6. The van der Waals surface area contributed by atoms with Crippen LogP contribution in [0.5, 0.6) is 17.2 Å². The Morgan fingerprint density at radius 2 is 1.83 bits per heavy atom. The number of carbonyl (C=O) groups is 1. The first-order valence-corrected chi connectivity index (χ1v) is 9.24. The van der Waals surface area contributed by atoms with Gasteiger partial charge in [0.25, 0.3) is 0 Å². The quantitative estimate of drug-likeness (QED) is 0.598. The molecule has 8 heteroatoms. The van der Waals surface area contributed by atoms with Crippen molar-refractivity contribution in [3.05, 3.63) is 54.2 Å². The summed E-state index contributed by atoms with van der Waals surface area (Å²) in [5, 5.41) is 11.0. The molecule has 1 heterocycles. The van der Waals surface area contributed by atoms with Gasteiger partial charge < -0.3 is 19.5 Å². The number of ether oxygens (including phenoxy) is 3. The molecule has 2 aromatic carbocycles. The Hall–Kier alpha value is -3.55. The molecular formula is C21H24N4O4. The van der Waals surface area contributed by atoms with Crippen LogP contribution in [0.2, 0.25) is 0 Å². The lowest BCUT2D eigenvalue weighted by atomic mass is 10.2. The van der Waals surface area contributed by atoms with Gasteiger partial charge in [0.05, 0.1) is 27.0 Å². The van der Waals surface area contributed by atoms with Crippen molar-refractivity contribution in [2.24, 2.45) is 0 Å². The Labute approximate surface area is 169 Å². The van der Waals surface area contributed by atoms with Crippen LogP contribution in [0, 0.1) is 0 Å². The number of amides is 1. The summed E-state index contributed by atoms with van der Waals surface area (Å²) in [5.41, 5.74) is 2.51. The van der Waals surface area contributed by atoms with Crippen LogP contribution in [0.3, 0.4) is 0 Å². The topological polar surface area (TPSA) is 87.5 Å². The van der Waals surface area contributed by atoms with Gasteiger partial charge in [-0.2, -0.15) is 0 Å². The predicted molar refractivity (Wildman–Crippen MR) is 108 cm³/mol. The lowest BCUT2D eigenvalue weighted by Gasteiger charge is -2.10. The van der Waals surface area contributed by atoms with E-state index in [9.17, 15) is 4.79 Å². The minimum absolute atomic E-state index is 0.0807. The molecule has 3 aromatic rings. The van der Waals surface area contributed by atoms with Gasteiger partial charge >= 0.3 is 0 Å². The number of carbonyl (C=O) groups excluding carboxylic acids is 1. The van der Waals surface area contributed by atoms with Gasteiger partial charge in [0.1, 0.15) is 18.0 Å². The van der Waals surface area contributed by atoms with Crippen molar-refractivity contribution in [1.82, 2.24) is 20.3 Å². The maximum absolute atomic E-state index is 12.3. The van der Waals surface area contributed by atoms with Gasteiger partial charge in [0.15, 0.2) is 11.5 Å². The fraction of sp³-hybridized carbons (Fsp3) is 0.286. The van der Waals surface area contributed by atoms with Gasteiger partial charge in [-0.05, 0) is 48.9 Å². The van der Waals surface area contributed by atoms with Crippen molar-refractivity contribution in [2.45, 2.75) is 20.0 Å². The zero-order valence-corrected chi connectivity index (χ0v) is 16.7. The zero-order chi connectivity index (χ0) is 20.6. The Morgan fingerprint density at radius 3 is 2.52 bits per heavy atom. The third-order valence-electron chi connectivity index (χ3n) is 4.24. The molecule has 0 aliphatic carbocycles. The van der Waals surface area contributed by atoms with E-state index in [2.05, 4.69) is 15.6 Å². The summed E-state index contributed by atoms with van der Waals surface area (Å²) in [6, 6.07) is 13.1. The van der Waals surface area contributed by atoms with Crippen LogP contribution in [0.1, 0.15) is 12.5 Å². The molecule has 8 nitrogen and oxygen atoms in total. The number of rotatable bonds is 9. The van der Waals surface area contributed by atoms with Crippen LogP contribution in [0.15, 0.2) is 48.7 Å². The lowest BCUT2D eigenvalue weighted by Crippen LogP contribution is -2.27. The van der Waals surface area contributed by atoms with Gasteiger partial charge in [-0.1, -0.05) is 11.3 Å². The van der Waals surface area contributed by atoms with Crippen molar-refractivity contribution in [3.8, 4) is 28.5 Å². The molecule has 1 aromatic heterocycles. The van der Waals surface area contributed by atoms with E-state index in [1.807, 2.05) is 43.3 Å². The number of nitrogens with zero attached hydrogens (tertiary/aromatic N) is 3. The SMILES string of the molecule is CCOc1ccc(-c2cn(CC(=O)NCc3ccc(OC)c(OC)c3)nn2)cc1. The summed E-state index contributed by atoms with van der Waals surface area (Å²) in [6.45, 7) is 3.01. The third kappa shape index (κ3) is 5.25. The van der Waals surface area contributed by atoms with Crippen molar-refractivity contribution >= 4 is 5.91 Å². The zero-order valence-electron chi connectivity index (χ0n) is 16.7. The van der Waals surface area contributed by atoms with Crippen LogP contribution in [-0.4, -0.2) is 41.7 Å². The first kappa shape index (κ1) is 20.2. The highest BCUT2D eigenvalue weighted by molar-refractivity contribution is 5.75. The highest BCUT2D eigenvalue weighted by atomic mass is 16.5. The van der Waals surface area contributed by atoms with Crippen LogP contribution in [0.4, 0.5) is 0 Å². The molecule has 1 N–H and O–H groups in total. The predicted octanol–water partition coefficient (Wildman–Crippen LogP) is 2.68. The molecular weight excluding hydrogens is 372 g/mol. The number of benzene rings is 2. The summed E-state index contributed by atoms with van der Waals surface area (Å²) >= 11 is 0. The summed E-state index contributed by atoms with van der Waals surface area (Å²) in [6.07, 6.45) is 1.74. The Bertz CT molecular complexity index is 954. The average molecular weight is 396 g/mol. The number of methoxy groups -OCH3 is 2. The molecule has 0 fully saturated rings. The minimum Gasteiger partial charge on any atom is -0.494 e. The maximum Gasteiger partial charge on any atom is 0.242 e. The van der Waals surface area contributed by atoms with E-state index in [1.54, 1.807) is 26.5 Å². The molecule has 0 atom stereocenters. The first-order valence-electron chi connectivity index (χ1n) is 9.24. The Morgan fingerprint density at radius 1 is 1.07 bits per heavy atom. The Balaban J connectivity index is 1.56. The molecule has 0 bridgehead atoms. The second-order valence-electron chi connectivity index (χ2n) is 6.22. The van der Waals surface area contributed by atoms with Gasteiger partial charge in [-0.3, -0.25) is 4.79 Å². The highest BCUT2D eigenvalue weighted by Crippen LogP contribution is 2.27. The first-order chi connectivity index (χ1) is 14.1. The van der Waals surface area contributed by atoms with Gasteiger partial charge in [0.2, 0.25) is 5.91 Å². The molecule has 29 heavy (non-hydrogen) atoms. The molecule has 0 unspecified atom stereocenters. The van der Waals surface area contributed by atoms with E-state index in [1.165, 1.54) is 4.68 Å². The molecule has 0 spiro atoms. The van der Waals surface area contributed by atoms with E-state index < -0.39 is 0 Å². The van der Waals surface area contributed by atoms with Crippen LogP contribution >= 0.6 is 0 Å². The lowest BCUT2D eigenvalue weighted by molar-refractivity contribution is -0.122. The highest BCUT2D eigenvalue weighted by Gasteiger charge is 2.09. The number of hydrogen-bond donors (Lipinski definition) is 1. The van der Waals surface area contributed by atoms with E-state index in [-0.39, 0.29) is 12.5 Å². The van der Waals surface area contributed by atoms with Crippen molar-refractivity contribution in [1.29, 1.82) is 0 Å². The van der Waals surface area contributed by atoms with Gasteiger partial charge in [-0.25, -0.2) is 4.68 Å². The van der Waals surface area contributed by atoms with E-state index >= 15 is 0 Å². The molecule has 152 valence electrons.